The van der Waals surface area contributed by atoms with Gasteiger partial charge < -0.3 is 15.3 Å². The number of carboxylic acids is 1. The molecule has 1 aromatic rings. The van der Waals surface area contributed by atoms with Crippen LogP contribution in [-0.2, 0) is 9.59 Å². The molecule has 0 aliphatic carbocycles. The molecule has 9 heteroatoms. The van der Waals surface area contributed by atoms with Gasteiger partial charge in [0.25, 0.3) is 5.91 Å². The molecule has 0 bridgehead atoms. The van der Waals surface area contributed by atoms with Crippen molar-refractivity contribution < 1.29 is 19.5 Å². The highest BCUT2D eigenvalue weighted by molar-refractivity contribution is 6.34. The predicted molar refractivity (Wildman–Crippen MR) is 74.3 cm³/mol. The smallest absolute Gasteiger partial charge is 0.305 e. The molecular weight excluding hydrogens is 321 g/mol. The number of pyridine rings is 1. The summed E-state index contributed by atoms with van der Waals surface area (Å²) in [5.74, 6) is -2.23. The first kappa shape index (κ1) is 15.5. The zero-order valence-corrected chi connectivity index (χ0v) is 12.2. The van der Waals surface area contributed by atoms with Gasteiger partial charge >= 0.3 is 5.97 Å². The summed E-state index contributed by atoms with van der Waals surface area (Å²) in [6, 6.07) is 1.72. The molecule has 1 aromatic heterocycles. The first-order valence-electron chi connectivity index (χ1n) is 6.02. The summed E-state index contributed by atoms with van der Waals surface area (Å²) in [6.45, 7) is 0.445. The lowest BCUT2D eigenvalue weighted by atomic mass is 10.1. The van der Waals surface area contributed by atoms with Crippen LogP contribution in [0.3, 0.4) is 0 Å². The van der Waals surface area contributed by atoms with Crippen LogP contribution in [0.4, 0.5) is 0 Å². The molecule has 0 radical (unpaired) electrons. The van der Waals surface area contributed by atoms with Crippen molar-refractivity contribution in [2.24, 2.45) is 0 Å². The maximum atomic E-state index is 12.5. The van der Waals surface area contributed by atoms with Gasteiger partial charge in [-0.15, -0.1) is 0 Å². The lowest BCUT2D eigenvalue weighted by molar-refractivity contribution is -0.142. The van der Waals surface area contributed by atoms with E-state index >= 15 is 0 Å². The van der Waals surface area contributed by atoms with Crippen molar-refractivity contribution in [3.8, 4) is 0 Å². The van der Waals surface area contributed by atoms with Gasteiger partial charge in [-0.1, -0.05) is 23.2 Å². The number of carboxylic acid groups (broad SMARTS) is 1. The van der Waals surface area contributed by atoms with Crippen LogP contribution in [0, 0.1) is 0 Å². The van der Waals surface area contributed by atoms with Gasteiger partial charge in [0.05, 0.1) is 12.0 Å². The normalized spacial score (nSPS) is 18.3. The van der Waals surface area contributed by atoms with Crippen molar-refractivity contribution >= 4 is 41.0 Å². The average molecular weight is 332 g/mol. The van der Waals surface area contributed by atoms with E-state index in [1.54, 1.807) is 0 Å². The Morgan fingerprint density at radius 2 is 2.14 bits per heavy atom. The van der Waals surface area contributed by atoms with Crippen molar-refractivity contribution in [3.05, 3.63) is 28.0 Å². The highest BCUT2D eigenvalue weighted by atomic mass is 35.5. The highest BCUT2D eigenvalue weighted by Gasteiger charge is 2.35. The van der Waals surface area contributed by atoms with Crippen molar-refractivity contribution in [2.45, 2.75) is 12.5 Å². The molecule has 0 saturated carbocycles. The van der Waals surface area contributed by atoms with Crippen LogP contribution >= 0.6 is 23.2 Å². The number of hydrogen-bond donors (Lipinski definition) is 2. The largest absolute Gasteiger partial charge is 0.481 e. The van der Waals surface area contributed by atoms with E-state index in [9.17, 15) is 14.4 Å². The summed E-state index contributed by atoms with van der Waals surface area (Å²) in [7, 11) is 0. The molecule has 0 spiro atoms. The third-order valence-corrected chi connectivity index (χ3v) is 3.50. The second-order valence-corrected chi connectivity index (χ2v) is 5.12. The number of nitrogens with zero attached hydrogens (tertiary/aromatic N) is 2. The van der Waals surface area contributed by atoms with Crippen LogP contribution in [0.2, 0.25) is 10.3 Å². The van der Waals surface area contributed by atoms with Crippen LogP contribution in [0.5, 0.6) is 0 Å². The quantitative estimate of drug-likeness (QED) is 0.798. The van der Waals surface area contributed by atoms with E-state index in [2.05, 4.69) is 10.3 Å². The molecule has 1 saturated heterocycles. The Kier molecular flexibility index (Phi) is 4.64. The van der Waals surface area contributed by atoms with E-state index in [1.165, 1.54) is 17.0 Å². The maximum Gasteiger partial charge on any atom is 0.305 e. The molecule has 1 unspecified atom stereocenters. The predicted octanol–water partition coefficient (Wildman–Crippen LogP) is 0.804. The van der Waals surface area contributed by atoms with Gasteiger partial charge in [0.15, 0.2) is 0 Å². The van der Waals surface area contributed by atoms with Crippen molar-refractivity contribution in [2.75, 3.05) is 13.1 Å². The van der Waals surface area contributed by atoms with Gasteiger partial charge in [0.2, 0.25) is 5.91 Å². The Balaban J connectivity index is 2.30. The van der Waals surface area contributed by atoms with Gasteiger partial charge in [-0.25, -0.2) is 4.98 Å². The van der Waals surface area contributed by atoms with E-state index in [1.807, 2.05) is 0 Å². The van der Waals surface area contributed by atoms with E-state index in [4.69, 9.17) is 28.3 Å². The van der Waals surface area contributed by atoms with Crippen LogP contribution in [0.15, 0.2) is 12.1 Å². The van der Waals surface area contributed by atoms with Gasteiger partial charge in [-0.2, -0.15) is 0 Å². The van der Waals surface area contributed by atoms with Crippen molar-refractivity contribution in [3.63, 3.8) is 0 Å². The summed E-state index contributed by atoms with van der Waals surface area (Å²) in [4.78, 5) is 40.0. The molecular formula is C12H11Cl2N3O4. The number of carbonyl (C=O) groups excluding carboxylic acids is 2. The molecule has 0 aromatic carbocycles. The summed E-state index contributed by atoms with van der Waals surface area (Å²) >= 11 is 11.5. The Bertz CT molecular complexity index is 608. The van der Waals surface area contributed by atoms with Gasteiger partial charge in [-0.05, 0) is 12.1 Å². The zero-order valence-electron chi connectivity index (χ0n) is 10.7. The molecule has 1 aliphatic rings. The number of halogens is 2. The average Bonchev–Trinajstić information content (AvgIpc) is 2.40. The molecule has 1 aliphatic heterocycles. The van der Waals surface area contributed by atoms with Crippen LogP contribution in [0.25, 0.3) is 0 Å². The number of aromatic nitrogens is 1. The van der Waals surface area contributed by atoms with Crippen molar-refractivity contribution in [1.82, 2.24) is 15.2 Å². The Labute approximate surface area is 129 Å². The minimum atomic E-state index is -1.17. The molecule has 2 N–H and O–H groups in total. The summed E-state index contributed by atoms with van der Waals surface area (Å²) in [5, 5.41) is 11.4. The first-order chi connectivity index (χ1) is 9.90. The summed E-state index contributed by atoms with van der Waals surface area (Å²) < 4.78 is 0. The van der Waals surface area contributed by atoms with E-state index in [-0.39, 0.29) is 29.0 Å². The van der Waals surface area contributed by atoms with Crippen LogP contribution in [0.1, 0.15) is 16.8 Å². The lowest BCUT2D eigenvalue weighted by Crippen LogP contribution is -2.57. The molecule has 1 fully saturated rings. The second kappa shape index (κ2) is 6.28. The summed E-state index contributed by atoms with van der Waals surface area (Å²) in [5.41, 5.74) is 0.0751. The van der Waals surface area contributed by atoms with Gasteiger partial charge in [0.1, 0.15) is 16.3 Å². The fourth-order valence-corrected chi connectivity index (χ4v) is 2.48. The third-order valence-electron chi connectivity index (χ3n) is 3.00. The maximum absolute atomic E-state index is 12.5. The molecule has 7 nitrogen and oxygen atoms in total. The molecule has 2 heterocycles. The zero-order chi connectivity index (χ0) is 15.6. The highest BCUT2D eigenvalue weighted by Crippen LogP contribution is 2.21. The van der Waals surface area contributed by atoms with Crippen LogP contribution < -0.4 is 5.32 Å². The standard InChI is InChI=1S/C12H11Cl2N3O4/c13-8-2-1-6(10(14)16-8)12(21)17-4-3-15-11(20)7(17)5-9(18)19/h1-2,7H,3-5H2,(H,15,20)(H,18,19). The minimum Gasteiger partial charge on any atom is -0.481 e. The molecule has 1 atom stereocenters. The van der Waals surface area contributed by atoms with Gasteiger partial charge in [0, 0.05) is 13.1 Å². The monoisotopic (exact) mass is 331 g/mol. The Morgan fingerprint density at radius 3 is 2.76 bits per heavy atom. The number of nitrogens with one attached hydrogen (secondary N) is 1. The van der Waals surface area contributed by atoms with Gasteiger partial charge in [-0.3, -0.25) is 14.4 Å². The number of carbonyl (C=O) groups is 3. The third kappa shape index (κ3) is 3.43. The Hall–Kier alpha value is -1.86. The topological polar surface area (TPSA) is 99.6 Å². The lowest BCUT2D eigenvalue weighted by Gasteiger charge is -2.34. The number of aliphatic carboxylic acids is 1. The molecule has 2 amide bonds. The first-order valence-corrected chi connectivity index (χ1v) is 6.78. The van der Waals surface area contributed by atoms with Crippen LogP contribution in [-0.4, -0.2) is 51.9 Å². The number of piperazine rings is 1. The van der Waals surface area contributed by atoms with Crippen molar-refractivity contribution in [1.29, 1.82) is 0 Å². The van der Waals surface area contributed by atoms with E-state index < -0.39 is 30.2 Å². The Morgan fingerprint density at radius 1 is 1.43 bits per heavy atom. The minimum absolute atomic E-state index is 0.0751. The molecule has 112 valence electrons. The fourth-order valence-electron chi connectivity index (χ4n) is 2.05. The molecule has 21 heavy (non-hydrogen) atoms. The van der Waals surface area contributed by atoms with E-state index in [0.29, 0.717) is 0 Å². The summed E-state index contributed by atoms with van der Waals surface area (Å²) in [6.07, 6.45) is -0.476. The second-order valence-electron chi connectivity index (χ2n) is 4.38. The number of amides is 2. The van der Waals surface area contributed by atoms with E-state index in [0.717, 1.165) is 0 Å². The fraction of sp³-hybridized carbons (Fsp3) is 0.333. The molecule has 2 rings (SSSR count). The number of rotatable bonds is 3. The SMILES string of the molecule is O=C(O)CC1C(=O)NCCN1C(=O)c1ccc(Cl)nc1Cl. The number of hydrogen-bond acceptors (Lipinski definition) is 4.